The zero-order chi connectivity index (χ0) is 15.0. The average molecular weight is 283 g/mol. The minimum Gasteiger partial charge on any atom is -0.378 e. The van der Waals surface area contributed by atoms with Crippen LogP contribution in [0.4, 0.5) is 5.69 Å². The minimum absolute atomic E-state index is 0.273. The van der Waals surface area contributed by atoms with E-state index < -0.39 is 0 Å². The zero-order valence-electron chi connectivity index (χ0n) is 12.3. The molecule has 0 aliphatic rings. The van der Waals surface area contributed by atoms with E-state index >= 15 is 0 Å². The van der Waals surface area contributed by atoms with Gasteiger partial charge in [0, 0.05) is 25.3 Å². The molecule has 1 N–H and O–H groups in total. The molecule has 6 nitrogen and oxygen atoms in total. The Kier molecular flexibility index (Phi) is 3.21. The molecule has 0 spiro atoms. The molecule has 6 heteroatoms. The van der Waals surface area contributed by atoms with Crippen molar-refractivity contribution in [1.82, 2.24) is 19.6 Å². The molecule has 0 radical (unpaired) electrons. The first-order valence-corrected chi connectivity index (χ1v) is 6.84. The van der Waals surface area contributed by atoms with E-state index in [-0.39, 0.29) is 5.69 Å². The summed E-state index contributed by atoms with van der Waals surface area (Å²) >= 11 is 0. The highest BCUT2D eigenvalue weighted by molar-refractivity contribution is 5.68. The Morgan fingerprint density at radius 1 is 1.33 bits per heavy atom. The summed E-state index contributed by atoms with van der Waals surface area (Å²) in [4.78, 5) is 18.8. The molecule has 3 aromatic rings. The maximum absolute atomic E-state index is 12.1. The largest absolute Gasteiger partial charge is 0.378 e. The van der Waals surface area contributed by atoms with Gasteiger partial charge in [0.1, 0.15) is 5.82 Å². The lowest BCUT2D eigenvalue weighted by Crippen LogP contribution is -2.18. The van der Waals surface area contributed by atoms with Crippen LogP contribution in [0.25, 0.3) is 16.9 Å². The zero-order valence-corrected chi connectivity index (χ0v) is 12.3. The normalized spacial score (nSPS) is 11.0. The van der Waals surface area contributed by atoms with Crippen molar-refractivity contribution in [2.24, 2.45) is 0 Å². The quantitative estimate of drug-likeness (QED) is 0.794. The fourth-order valence-electron chi connectivity index (χ4n) is 2.39. The Morgan fingerprint density at radius 2 is 2.14 bits per heavy atom. The van der Waals surface area contributed by atoms with E-state index in [9.17, 15) is 4.79 Å². The third-order valence-electron chi connectivity index (χ3n) is 3.49. The highest BCUT2D eigenvalue weighted by atomic mass is 16.1. The highest BCUT2D eigenvalue weighted by Crippen LogP contribution is 2.24. The van der Waals surface area contributed by atoms with E-state index in [1.807, 2.05) is 50.2 Å². The first-order chi connectivity index (χ1) is 10.1. The summed E-state index contributed by atoms with van der Waals surface area (Å²) in [5.74, 6) is 0.647. The minimum atomic E-state index is -0.273. The van der Waals surface area contributed by atoms with Crippen LogP contribution >= 0.6 is 0 Å². The molecule has 0 saturated carbocycles. The molecule has 3 rings (SSSR count). The topological polar surface area (TPSA) is 66.3 Å². The predicted octanol–water partition coefficient (Wildman–Crippen LogP) is 1.71. The summed E-state index contributed by atoms with van der Waals surface area (Å²) in [7, 11) is 3.97. The van der Waals surface area contributed by atoms with Gasteiger partial charge in [-0.15, -0.1) is 0 Å². The van der Waals surface area contributed by atoms with Gasteiger partial charge in [-0.2, -0.15) is 5.10 Å². The monoisotopic (exact) mass is 283 g/mol. The molecule has 0 bridgehead atoms. The maximum Gasteiger partial charge on any atom is 0.348 e. The van der Waals surface area contributed by atoms with Crippen LogP contribution in [0.2, 0.25) is 0 Å². The van der Waals surface area contributed by atoms with Crippen molar-refractivity contribution in [3.8, 4) is 11.4 Å². The average Bonchev–Trinajstić information content (AvgIpc) is 2.87. The Morgan fingerprint density at radius 3 is 2.86 bits per heavy atom. The fraction of sp³-hybridized carbons (Fsp3) is 0.267. The van der Waals surface area contributed by atoms with Gasteiger partial charge in [0.2, 0.25) is 0 Å². The van der Waals surface area contributed by atoms with Crippen molar-refractivity contribution in [2.75, 3.05) is 19.0 Å². The number of anilines is 1. The number of aromatic amines is 1. The number of aryl methyl sites for hydroxylation is 1. The number of hydrogen-bond acceptors (Lipinski definition) is 4. The highest BCUT2D eigenvalue weighted by Gasteiger charge is 2.14. The Bertz CT molecular complexity index is 847. The molecule has 2 aromatic heterocycles. The third kappa shape index (κ3) is 2.18. The van der Waals surface area contributed by atoms with Gasteiger partial charge in [-0.3, -0.25) is 0 Å². The van der Waals surface area contributed by atoms with Crippen LogP contribution in [0.1, 0.15) is 12.6 Å². The van der Waals surface area contributed by atoms with Crippen LogP contribution in [-0.2, 0) is 6.42 Å². The smallest absolute Gasteiger partial charge is 0.348 e. The van der Waals surface area contributed by atoms with Crippen molar-refractivity contribution in [1.29, 1.82) is 0 Å². The van der Waals surface area contributed by atoms with Crippen molar-refractivity contribution in [3.63, 3.8) is 0 Å². The van der Waals surface area contributed by atoms with Gasteiger partial charge in [-0.05, 0) is 18.6 Å². The van der Waals surface area contributed by atoms with Crippen LogP contribution < -0.4 is 10.6 Å². The summed E-state index contributed by atoms with van der Waals surface area (Å²) in [5.41, 5.74) is 3.33. The number of aromatic nitrogens is 4. The molecule has 21 heavy (non-hydrogen) atoms. The molecule has 0 unspecified atom stereocenters. The fourth-order valence-corrected chi connectivity index (χ4v) is 2.39. The van der Waals surface area contributed by atoms with Crippen molar-refractivity contribution >= 4 is 11.2 Å². The van der Waals surface area contributed by atoms with E-state index in [0.717, 1.165) is 28.9 Å². The second-order valence-corrected chi connectivity index (χ2v) is 5.08. The van der Waals surface area contributed by atoms with Crippen LogP contribution in [-0.4, -0.2) is 33.7 Å². The van der Waals surface area contributed by atoms with Gasteiger partial charge in [0.25, 0.3) is 0 Å². The number of fused-ring (bicyclic) bond motifs is 1. The number of imidazole rings is 1. The molecule has 0 amide bonds. The molecule has 0 saturated heterocycles. The van der Waals surface area contributed by atoms with E-state index in [2.05, 4.69) is 15.2 Å². The SMILES string of the molecule is CCc1nc(-c2cccc(N(C)C)c2)n2c(=O)[nH]ncc12. The lowest BCUT2D eigenvalue weighted by Gasteiger charge is -2.13. The van der Waals surface area contributed by atoms with Crippen molar-refractivity contribution in [3.05, 3.63) is 46.6 Å². The van der Waals surface area contributed by atoms with E-state index in [1.165, 1.54) is 0 Å². The van der Waals surface area contributed by atoms with Gasteiger partial charge in [-0.25, -0.2) is 19.3 Å². The first kappa shape index (κ1) is 13.4. The summed E-state index contributed by atoms with van der Waals surface area (Å²) in [6.45, 7) is 2.02. The molecule has 108 valence electrons. The lowest BCUT2D eigenvalue weighted by atomic mass is 10.2. The van der Waals surface area contributed by atoms with E-state index in [1.54, 1.807) is 10.6 Å². The van der Waals surface area contributed by atoms with Gasteiger partial charge in [0.05, 0.1) is 17.4 Å². The second kappa shape index (κ2) is 5.05. The number of hydrogen-bond donors (Lipinski definition) is 1. The van der Waals surface area contributed by atoms with E-state index in [4.69, 9.17) is 0 Å². The standard InChI is InChI=1S/C15H17N5O/c1-4-12-13-9-16-18-15(21)20(13)14(17-12)10-6-5-7-11(8-10)19(2)3/h5-9H,4H2,1-3H3,(H,18,21). The number of H-pyrrole nitrogens is 1. The maximum atomic E-state index is 12.1. The molecule has 0 atom stereocenters. The Labute approximate surface area is 122 Å². The lowest BCUT2D eigenvalue weighted by molar-refractivity contribution is 0.888. The number of benzene rings is 1. The van der Waals surface area contributed by atoms with Gasteiger partial charge in [-0.1, -0.05) is 19.1 Å². The summed E-state index contributed by atoms with van der Waals surface area (Å²) in [5, 5.41) is 6.33. The van der Waals surface area contributed by atoms with Crippen LogP contribution in [0.5, 0.6) is 0 Å². The molecular formula is C15H17N5O. The van der Waals surface area contributed by atoms with Gasteiger partial charge < -0.3 is 4.90 Å². The molecule has 1 aromatic carbocycles. The van der Waals surface area contributed by atoms with Crippen LogP contribution in [0.3, 0.4) is 0 Å². The summed E-state index contributed by atoms with van der Waals surface area (Å²) in [6.07, 6.45) is 2.40. The molecule has 0 aliphatic heterocycles. The van der Waals surface area contributed by atoms with Crippen LogP contribution in [0.15, 0.2) is 35.3 Å². The third-order valence-corrected chi connectivity index (χ3v) is 3.49. The Hall–Kier alpha value is -2.63. The number of rotatable bonds is 3. The predicted molar refractivity (Wildman–Crippen MR) is 82.7 cm³/mol. The number of nitrogens with one attached hydrogen (secondary N) is 1. The first-order valence-electron chi connectivity index (χ1n) is 6.84. The second-order valence-electron chi connectivity index (χ2n) is 5.08. The molecule has 0 fully saturated rings. The molecule has 2 heterocycles. The van der Waals surface area contributed by atoms with Gasteiger partial charge >= 0.3 is 5.69 Å². The summed E-state index contributed by atoms with van der Waals surface area (Å²) in [6, 6.07) is 7.97. The Balaban J connectivity index is 2.30. The summed E-state index contributed by atoms with van der Waals surface area (Å²) < 4.78 is 1.58. The molecule has 0 aliphatic carbocycles. The van der Waals surface area contributed by atoms with Gasteiger partial charge in [0.15, 0.2) is 0 Å². The molecular weight excluding hydrogens is 266 g/mol. The van der Waals surface area contributed by atoms with Crippen molar-refractivity contribution < 1.29 is 0 Å². The van der Waals surface area contributed by atoms with E-state index in [0.29, 0.717) is 5.82 Å². The van der Waals surface area contributed by atoms with Crippen LogP contribution in [0, 0.1) is 0 Å². The number of nitrogens with zero attached hydrogens (tertiary/aromatic N) is 4. The van der Waals surface area contributed by atoms with Crippen molar-refractivity contribution in [2.45, 2.75) is 13.3 Å².